The average Bonchev–Trinajstić information content (AvgIpc) is 2.39. The van der Waals surface area contributed by atoms with Crippen LogP contribution in [-0.4, -0.2) is 18.2 Å². The van der Waals surface area contributed by atoms with E-state index < -0.39 is 0 Å². The first-order chi connectivity index (χ1) is 9.04. The van der Waals surface area contributed by atoms with E-state index in [-0.39, 0.29) is 5.60 Å². The van der Waals surface area contributed by atoms with Gasteiger partial charge in [0.15, 0.2) is 0 Å². The zero-order valence-corrected chi connectivity index (χ0v) is 12.7. The van der Waals surface area contributed by atoms with Crippen LogP contribution < -0.4 is 5.32 Å². The summed E-state index contributed by atoms with van der Waals surface area (Å²) in [7, 11) is 0. The molecule has 1 fully saturated rings. The fourth-order valence-electron chi connectivity index (χ4n) is 3.03. The molecule has 0 radical (unpaired) electrons. The molecule has 19 heavy (non-hydrogen) atoms. The van der Waals surface area contributed by atoms with Gasteiger partial charge < -0.3 is 10.1 Å². The maximum atomic E-state index is 5.92. The van der Waals surface area contributed by atoms with Gasteiger partial charge in [-0.1, -0.05) is 31.2 Å². The van der Waals surface area contributed by atoms with Crippen LogP contribution in [0.25, 0.3) is 0 Å². The number of aryl methyl sites for hydroxylation is 1. The molecule has 0 amide bonds. The van der Waals surface area contributed by atoms with Crippen LogP contribution in [0.5, 0.6) is 0 Å². The molecule has 0 saturated carbocycles. The van der Waals surface area contributed by atoms with Crippen LogP contribution in [0.2, 0.25) is 0 Å². The smallest absolute Gasteiger partial charge is 0.0666 e. The third kappa shape index (κ3) is 3.58. The minimum Gasteiger partial charge on any atom is -0.375 e. The molecular weight excluding hydrogens is 234 g/mol. The molecule has 106 valence electrons. The summed E-state index contributed by atoms with van der Waals surface area (Å²) in [6, 6.07) is 9.62. The Morgan fingerprint density at radius 3 is 2.84 bits per heavy atom. The Hall–Kier alpha value is -0.860. The molecule has 3 atom stereocenters. The number of nitrogens with one attached hydrogen (secondary N) is 1. The van der Waals surface area contributed by atoms with Crippen molar-refractivity contribution in [2.75, 3.05) is 6.61 Å². The zero-order valence-electron chi connectivity index (χ0n) is 12.7. The maximum Gasteiger partial charge on any atom is 0.0666 e. The zero-order chi connectivity index (χ0) is 13.9. The van der Waals surface area contributed by atoms with Crippen molar-refractivity contribution >= 4 is 0 Å². The first-order valence-corrected chi connectivity index (χ1v) is 7.49. The van der Waals surface area contributed by atoms with Crippen LogP contribution >= 0.6 is 0 Å². The summed E-state index contributed by atoms with van der Waals surface area (Å²) >= 11 is 0. The van der Waals surface area contributed by atoms with Crippen molar-refractivity contribution in [3.8, 4) is 0 Å². The molecule has 1 aliphatic heterocycles. The largest absolute Gasteiger partial charge is 0.375 e. The summed E-state index contributed by atoms with van der Waals surface area (Å²) in [5.74, 6) is 0. The van der Waals surface area contributed by atoms with Gasteiger partial charge in [-0.25, -0.2) is 0 Å². The van der Waals surface area contributed by atoms with Gasteiger partial charge in [0.25, 0.3) is 0 Å². The fourth-order valence-corrected chi connectivity index (χ4v) is 3.03. The molecule has 0 aliphatic carbocycles. The van der Waals surface area contributed by atoms with Crippen molar-refractivity contribution in [2.45, 2.75) is 64.6 Å². The summed E-state index contributed by atoms with van der Waals surface area (Å²) in [5, 5.41) is 3.79. The van der Waals surface area contributed by atoms with Gasteiger partial charge in [0.05, 0.1) is 5.60 Å². The molecule has 1 saturated heterocycles. The van der Waals surface area contributed by atoms with E-state index in [4.69, 9.17) is 4.74 Å². The number of ether oxygens (including phenoxy) is 1. The lowest BCUT2D eigenvalue weighted by molar-refractivity contribution is -0.0789. The monoisotopic (exact) mass is 261 g/mol. The van der Waals surface area contributed by atoms with Crippen molar-refractivity contribution in [2.24, 2.45) is 0 Å². The maximum absolute atomic E-state index is 5.92. The number of rotatable bonds is 4. The van der Waals surface area contributed by atoms with Gasteiger partial charge in [0, 0.05) is 18.7 Å². The van der Waals surface area contributed by atoms with Gasteiger partial charge in [0.1, 0.15) is 0 Å². The van der Waals surface area contributed by atoms with E-state index in [1.54, 1.807) is 0 Å². The Kier molecular flexibility index (Phi) is 4.64. The van der Waals surface area contributed by atoms with E-state index in [1.165, 1.54) is 11.1 Å². The second kappa shape index (κ2) is 6.06. The lowest BCUT2D eigenvalue weighted by Gasteiger charge is -2.39. The van der Waals surface area contributed by atoms with Crippen LogP contribution in [0.1, 0.15) is 57.2 Å². The molecule has 1 N–H and O–H groups in total. The van der Waals surface area contributed by atoms with Crippen molar-refractivity contribution in [3.63, 3.8) is 0 Å². The predicted octanol–water partition coefficient (Wildman–Crippen LogP) is 3.99. The molecule has 0 spiro atoms. The molecule has 1 aromatic rings. The molecule has 1 heterocycles. The summed E-state index contributed by atoms with van der Waals surface area (Å²) in [4.78, 5) is 0. The van der Waals surface area contributed by atoms with Crippen molar-refractivity contribution in [3.05, 3.63) is 35.4 Å². The molecule has 1 aromatic carbocycles. The Labute approximate surface area is 117 Å². The van der Waals surface area contributed by atoms with Crippen LogP contribution in [0.3, 0.4) is 0 Å². The van der Waals surface area contributed by atoms with Crippen LogP contribution in [0.15, 0.2) is 24.3 Å². The summed E-state index contributed by atoms with van der Waals surface area (Å²) in [5.41, 5.74) is 2.83. The van der Waals surface area contributed by atoms with Crippen LogP contribution in [-0.2, 0) is 4.74 Å². The topological polar surface area (TPSA) is 21.3 Å². The van der Waals surface area contributed by atoms with E-state index in [2.05, 4.69) is 57.3 Å². The molecular formula is C17H27NO. The van der Waals surface area contributed by atoms with Crippen LogP contribution in [0.4, 0.5) is 0 Å². The average molecular weight is 261 g/mol. The predicted molar refractivity (Wildman–Crippen MR) is 80.4 cm³/mol. The minimum absolute atomic E-state index is 0.0569. The lowest BCUT2D eigenvalue weighted by atomic mass is 9.89. The first kappa shape index (κ1) is 14.5. The van der Waals surface area contributed by atoms with Crippen molar-refractivity contribution in [1.82, 2.24) is 5.32 Å². The Balaban J connectivity index is 1.99. The van der Waals surface area contributed by atoms with E-state index in [0.717, 1.165) is 25.9 Å². The Morgan fingerprint density at radius 2 is 2.16 bits per heavy atom. The molecule has 0 aromatic heterocycles. The van der Waals surface area contributed by atoms with Crippen molar-refractivity contribution < 1.29 is 4.74 Å². The van der Waals surface area contributed by atoms with Gasteiger partial charge in [-0.15, -0.1) is 0 Å². The molecule has 2 nitrogen and oxygen atoms in total. The summed E-state index contributed by atoms with van der Waals surface area (Å²) < 4.78 is 5.92. The van der Waals surface area contributed by atoms with Gasteiger partial charge in [-0.2, -0.15) is 0 Å². The first-order valence-electron chi connectivity index (χ1n) is 7.49. The molecule has 2 rings (SSSR count). The molecule has 0 bridgehead atoms. The third-order valence-corrected chi connectivity index (χ3v) is 4.48. The number of hydrogen-bond donors (Lipinski definition) is 1. The van der Waals surface area contributed by atoms with Crippen molar-refractivity contribution in [1.29, 1.82) is 0 Å². The SMILES string of the molecule is CCC1(C)CC(NC(C)c2ccccc2C)CCO1. The van der Waals surface area contributed by atoms with E-state index >= 15 is 0 Å². The normalized spacial score (nSPS) is 29.2. The highest BCUT2D eigenvalue weighted by Crippen LogP contribution is 2.29. The molecule has 3 unspecified atom stereocenters. The van der Waals surface area contributed by atoms with Gasteiger partial charge in [-0.3, -0.25) is 0 Å². The summed E-state index contributed by atoms with van der Waals surface area (Å²) in [6.07, 6.45) is 3.31. The van der Waals surface area contributed by atoms with Gasteiger partial charge in [0.2, 0.25) is 0 Å². The second-order valence-electron chi connectivity index (χ2n) is 6.09. The standard InChI is InChI=1S/C17H27NO/c1-5-17(4)12-15(10-11-19-17)18-14(3)16-9-7-6-8-13(16)2/h6-9,14-15,18H,5,10-12H2,1-4H3. The quantitative estimate of drug-likeness (QED) is 0.884. The highest BCUT2D eigenvalue weighted by atomic mass is 16.5. The Bertz CT molecular complexity index is 417. The fraction of sp³-hybridized carbons (Fsp3) is 0.647. The van der Waals surface area contributed by atoms with E-state index in [1.807, 2.05) is 0 Å². The highest BCUT2D eigenvalue weighted by molar-refractivity contribution is 5.28. The Morgan fingerprint density at radius 1 is 1.42 bits per heavy atom. The highest BCUT2D eigenvalue weighted by Gasteiger charge is 2.32. The minimum atomic E-state index is 0.0569. The van der Waals surface area contributed by atoms with Gasteiger partial charge in [-0.05, 0) is 51.2 Å². The van der Waals surface area contributed by atoms with E-state index in [0.29, 0.717) is 12.1 Å². The molecule has 2 heteroatoms. The van der Waals surface area contributed by atoms with Crippen LogP contribution in [0, 0.1) is 6.92 Å². The van der Waals surface area contributed by atoms with E-state index in [9.17, 15) is 0 Å². The third-order valence-electron chi connectivity index (χ3n) is 4.48. The second-order valence-corrected chi connectivity index (χ2v) is 6.09. The summed E-state index contributed by atoms with van der Waals surface area (Å²) in [6.45, 7) is 9.78. The number of hydrogen-bond acceptors (Lipinski definition) is 2. The molecule has 1 aliphatic rings. The lowest BCUT2D eigenvalue weighted by Crippen LogP contribution is -2.45. The number of benzene rings is 1. The van der Waals surface area contributed by atoms with Gasteiger partial charge >= 0.3 is 0 Å².